The second-order valence-corrected chi connectivity index (χ2v) is 11.8. The molecule has 42 heavy (non-hydrogen) atoms. The number of benzene rings is 4. The Kier molecular flexibility index (Phi) is 8.04. The molecule has 0 spiro atoms. The summed E-state index contributed by atoms with van der Waals surface area (Å²) in [5.41, 5.74) is 6.75. The first-order valence-corrected chi connectivity index (χ1v) is 14.9. The van der Waals surface area contributed by atoms with Crippen LogP contribution >= 0.6 is 24.0 Å². The van der Waals surface area contributed by atoms with E-state index in [-0.39, 0.29) is 11.9 Å². The highest BCUT2D eigenvalue weighted by Crippen LogP contribution is 2.39. The monoisotopic (exact) mass is 587 g/mol. The highest BCUT2D eigenvalue weighted by molar-refractivity contribution is 8.26. The van der Waals surface area contributed by atoms with Crippen molar-refractivity contribution in [2.75, 3.05) is 0 Å². The van der Waals surface area contributed by atoms with E-state index >= 15 is 0 Å². The maximum absolute atomic E-state index is 13.7. The van der Waals surface area contributed by atoms with Crippen LogP contribution in [0.3, 0.4) is 0 Å². The highest BCUT2D eigenvalue weighted by Gasteiger charge is 2.36. The molecule has 2 heterocycles. The topological polar surface area (TPSA) is 47.4 Å². The Morgan fingerprint density at radius 1 is 0.929 bits per heavy atom. The van der Waals surface area contributed by atoms with Crippen molar-refractivity contribution in [1.82, 2.24) is 14.7 Å². The van der Waals surface area contributed by atoms with Gasteiger partial charge in [-0.15, -0.1) is 0 Å². The van der Waals surface area contributed by atoms with E-state index in [0.29, 0.717) is 15.8 Å². The molecule has 1 aliphatic heterocycles. The van der Waals surface area contributed by atoms with Crippen LogP contribution in [0.5, 0.6) is 5.75 Å². The highest BCUT2D eigenvalue weighted by atomic mass is 32.2. The van der Waals surface area contributed by atoms with Gasteiger partial charge in [0.15, 0.2) is 0 Å². The SMILES string of the molecule is Cc1ccc(COc2cccc(-c3nn(-c4ccccc4)cc3C=C3SC(=S)N(C(C)c4ccccc4)C3=O)c2)cc1. The number of ether oxygens (including phenoxy) is 1. The molecule has 0 radical (unpaired) electrons. The first-order chi connectivity index (χ1) is 20.5. The predicted octanol–water partition coefficient (Wildman–Crippen LogP) is 8.39. The zero-order valence-electron chi connectivity index (χ0n) is 23.3. The van der Waals surface area contributed by atoms with Crippen molar-refractivity contribution in [3.8, 4) is 22.7 Å². The van der Waals surface area contributed by atoms with Crippen LogP contribution < -0.4 is 4.74 Å². The standard InChI is InChI=1S/C35H29N3O2S2/c1-24-16-18-26(19-17-24)23-40-31-15-9-12-28(20-31)33-29(22-37(36-33)30-13-7-4-8-14-30)21-32-34(39)38(35(41)42-32)25(2)27-10-5-3-6-11-27/h3-22,25H,23H2,1-2H3. The van der Waals surface area contributed by atoms with Gasteiger partial charge in [-0.05, 0) is 55.3 Å². The lowest BCUT2D eigenvalue weighted by Crippen LogP contribution is -2.30. The van der Waals surface area contributed by atoms with Crippen LogP contribution in [0.15, 0.2) is 120 Å². The van der Waals surface area contributed by atoms with E-state index in [1.807, 2.05) is 109 Å². The Bertz CT molecular complexity index is 1760. The predicted molar refractivity (Wildman–Crippen MR) is 174 cm³/mol. The van der Waals surface area contributed by atoms with E-state index in [9.17, 15) is 4.79 Å². The van der Waals surface area contributed by atoms with Crippen molar-refractivity contribution in [3.63, 3.8) is 0 Å². The minimum absolute atomic E-state index is 0.102. The molecule has 7 heteroatoms. The molecule has 1 aromatic heterocycles. The number of amides is 1. The van der Waals surface area contributed by atoms with Crippen LogP contribution in [-0.2, 0) is 11.4 Å². The quantitative estimate of drug-likeness (QED) is 0.135. The average Bonchev–Trinajstić information content (AvgIpc) is 3.57. The number of hydrogen-bond acceptors (Lipinski definition) is 5. The number of carbonyl (C=O) groups excluding carboxylic acids is 1. The zero-order valence-corrected chi connectivity index (χ0v) is 24.9. The molecule has 1 unspecified atom stereocenters. The summed E-state index contributed by atoms with van der Waals surface area (Å²) in [4.78, 5) is 15.9. The van der Waals surface area contributed by atoms with Gasteiger partial charge in [0.25, 0.3) is 5.91 Å². The first kappa shape index (κ1) is 27.7. The van der Waals surface area contributed by atoms with E-state index in [0.717, 1.165) is 39.4 Å². The molecule has 4 aromatic carbocycles. The molecule has 0 N–H and O–H groups in total. The van der Waals surface area contributed by atoms with Gasteiger partial charge in [0.1, 0.15) is 22.4 Å². The normalized spacial score (nSPS) is 14.9. The van der Waals surface area contributed by atoms with E-state index in [2.05, 4.69) is 31.2 Å². The number of thioether (sulfide) groups is 1. The molecule has 0 saturated carbocycles. The van der Waals surface area contributed by atoms with Gasteiger partial charge >= 0.3 is 0 Å². The number of nitrogens with zero attached hydrogens (tertiary/aromatic N) is 3. The third kappa shape index (κ3) is 5.93. The van der Waals surface area contributed by atoms with Crippen LogP contribution in [0.4, 0.5) is 0 Å². The van der Waals surface area contributed by atoms with Crippen LogP contribution in [0.2, 0.25) is 0 Å². The molecule has 0 bridgehead atoms. The molecule has 1 saturated heterocycles. The summed E-state index contributed by atoms with van der Waals surface area (Å²) in [6.07, 6.45) is 3.86. The maximum Gasteiger partial charge on any atom is 0.266 e. The van der Waals surface area contributed by atoms with Crippen LogP contribution in [0, 0.1) is 6.92 Å². The zero-order chi connectivity index (χ0) is 29.1. The Labute approximate surface area is 255 Å². The van der Waals surface area contributed by atoms with Crippen LogP contribution in [0.1, 0.15) is 35.2 Å². The summed E-state index contributed by atoms with van der Waals surface area (Å²) >= 11 is 7.00. The molecule has 0 aliphatic carbocycles. The fourth-order valence-corrected chi connectivity index (χ4v) is 6.26. The van der Waals surface area contributed by atoms with Gasteiger partial charge in [-0.3, -0.25) is 9.69 Å². The van der Waals surface area contributed by atoms with E-state index in [4.69, 9.17) is 22.1 Å². The fourth-order valence-electron chi connectivity index (χ4n) is 4.85. The maximum atomic E-state index is 13.7. The summed E-state index contributed by atoms with van der Waals surface area (Å²) in [6.45, 7) is 4.54. The van der Waals surface area contributed by atoms with E-state index in [1.165, 1.54) is 17.3 Å². The number of thiocarbonyl (C=S) groups is 1. The number of aromatic nitrogens is 2. The smallest absolute Gasteiger partial charge is 0.266 e. The van der Waals surface area contributed by atoms with Gasteiger partial charge in [-0.25, -0.2) is 4.68 Å². The number of para-hydroxylation sites is 1. The second kappa shape index (κ2) is 12.2. The molecule has 208 valence electrons. The number of rotatable bonds is 8. The van der Waals surface area contributed by atoms with Crippen LogP contribution in [-0.4, -0.2) is 24.9 Å². The van der Waals surface area contributed by atoms with E-state index < -0.39 is 0 Å². The Balaban J connectivity index is 1.33. The summed E-state index contributed by atoms with van der Waals surface area (Å²) in [5, 5.41) is 4.96. The number of hydrogen-bond donors (Lipinski definition) is 0. The van der Waals surface area contributed by atoms with Crippen molar-refractivity contribution < 1.29 is 9.53 Å². The second-order valence-electron chi connectivity index (χ2n) is 10.2. The summed E-state index contributed by atoms with van der Waals surface area (Å²) in [5.74, 6) is 0.645. The number of carbonyl (C=O) groups is 1. The molecule has 1 atom stereocenters. The van der Waals surface area contributed by atoms with Gasteiger partial charge in [-0.1, -0.05) is 114 Å². The summed E-state index contributed by atoms with van der Waals surface area (Å²) in [6, 6.07) is 36.0. The van der Waals surface area contributed by atoms with E-state index in [1.54, 1.807) is 4.90 Å². The third-order valence-corrected chi connectivity index (χ3v) is 8.51. The fraction of sp³-hybridized carbons (Fsp3) is 0.114. The summed E-state index contributed by atoms with van der Waals surface area (Å²) in [7, 11) is 0. The Morgan fingerprint density at radius 2 is 1.64 bits per heavy atom. The first-order valence-electron chi connectivity index (χ1n) is 13.7. The van der Waals surface area contributed by atoms with Crippen molar-refractivity contribution in [3.05, 3.63) is 143 Å². The minimum atomic E-state index is -0.168. The molecule has 5 aromatic rings. The van der Waals surface area contributed by atoms with Gasteiger partial charge < -0.3 is 4.74 Å². The Hall–Kier alpha value is -4.46. The number of aryl methyl sites for hydroxylation is 1. The average molecular weight is 588 g/mol. The van der Waals surface area contributed by atoms with Gasteiger partial charge in [-0.2, -0.15) is 5.10 Å². The van der Waals surface area contributed by atoms with Gasteiger partial charge in [0.2, 0.25) is 0 Å². The molecule has 5 nitrogen and oxygen atoms in total. The van der Waals surface area contributed by atoms with Crippen molar-refractivity contribution >= 4 is 40.3 Å². The molecule has 6 rings (SSSR count). The van der Waals surface area contributed by atoms with Crippen LogP contribution in [0.25, 0.3) is 23.0 Å². The van der Waals surface area contributed by atoms with Crippen molar-refractivity contribution in [2.45, 2.75) is 26.5 Å². The summed E-state index contributed by atoms with van der Waals surface area (Å²) < 4.78 is 8.53. The van der Waals surface area contributed by atoms with Crippen molar-refractivity contribution in [1.29, 1.82) is 0 Å². The Morgan fingerprint density at radius 3 is 2.38 bits per heavy atom. The third-order valence-electron chi connectivity index (χ3n) is 7.18. The lowest BCUT2D eigenvalue weighted by atomic mass is 10.1. The molecular weight excluding hydrogens is 559 g/mol. The van der Waals surface area contributed by atoms with Gasteiger partial charge in [0.05, 0.1) is 16.6 Å². The molecular formula is C35H29N3O2S2. The largest absolute Gasteiger partial charge is 0.489 e. The molecule has 1 amide bonds. The molecule has 1 fully saturated rings. The lowest BCUT2D eigenvalue weighted by molar-refractivity contribution is -0.123. The molecule has 1 aliphatic rings. The lowest BCUT2D eigenvalue weighted by Gasteiger charge is -2.23. The minimum Gasteiger partial charge on any atom is -0.489 e. The van der Waals surface area contributed by atoms with Gasteiger partial charge in [0, 0.05) is 17.3 Å². The van der Waals surface area contributed by atoms with Crippen molar-refractivity contribution in [2.24, 2.45) is 0 Å².